The lowest BCUT2D eigenvalue weighted by atomic mass is 10.4. The minimum absolute atomic E-state index is 0.119. The van der Waals surface area contributed by atoms with Crippen LogP contribution in [0.1, 0.15) is 6.42 Å². The first-order valence-electron chi connectivity index (χ1n) is 3.64. The van der Waals surface area contributed by atoms with Crippen LogP contribution in [0.3, 0.4) is 0 Å². The van der Waals surface area contributed by atoms with Crippen LogP contribution in [-0.4, -0.2) is 37.3 Å². The number of nitrogens with zero attached hydrogens (tertiary/aromatic N) is 1. The molecule has 0 aliphatic carbocycles. The fraction of sp³-hybridized carbons (Fsp3) is 0.833. The summed E-state index contributed by atoms with van der Waals surface area (Å²) in [6.45, 7) is 2.36. The summed E-state index contributed by atoms with van der Waals surface area (Å²) >= 11 is 0. The standard InChI is InChI=1S/C6H16N4O/c7-6(8)10-4-3-9-2-1-5-11/h9,11H,1-5H2,(H4,7,8,10). The van der Waals surface area contributed by atoms with Crippen molar-refractivity contribution >= 4 is 5.96 Å². The SMILES string of the molecule is NC(N)=NCCNCCCO. The average molecular weight is 160 g/mol. The first kappa shape index (κ1) is 10.2. The minimum atomic E-state index is 0.119. The largest absolute Gasteiger partial charge is 0.396 e. The summed E-state index contributed by atoms with van der Waals surface area (Å²) < 4.78 is 0. The van der Waals surface area contributed by atoms with E-state index < -0.39 is 0 Å². The van der Waals surface area contributed by atoms with E-state index in [9.17, 15) is 0 Å². The molecule has 0 saturated carbocycles. The van der Waals surface area contributed by atoms with E-state index in [1.807, 2.05) is 0 Å². The van der Waals surface area contributed by atoms with Crippen molar-refractivity contribution in [3.63, 3.8) is 0 Å². The summed E-state index contributed by atoms with van der Waals surface area (Å²) in [6.07, 6.45) is 0.766. The molecule has 0 fully saturated rings. The van der Waals surface area contributed by atoms with Gasteiger partial charge in [0.15, 0.2) is 5.96 Å². The molecule has 66 valence electrons. The fourth-order valence-corrected chi connectivity index (χ4v) is 0.593. The Morgan fingerprint density at radius 3 is 2.64 bits per heavy atom. The molecule has 0 radical (unpaired) electrons. The van der Waals surface area contributed by atoms with Gasteiger partial charge in [-0.3, -0.25) is 4.99 Å². The van der Waals surface area contributed by atoms with Gasteiger partial charge in [0.05, 0.1) is 6.54 Å². The van der Waals surface area contributed by atoms with Gasteiger partial charge in [-0.05, 0) is 13.0 Å². The predicted molar refractivity (Wildman–Crippen MR) is 45.2 cm³/mol. The van der Waals surface area contributed by atoms with Crippen molar-refractivity contribution in [3.05, 3.63) is 0 Å². The molecule has 0 aliphatic rings. The van der Waals surface area contributed by atoms with Gasteiger partial charge in [0.2, 0.25) is 0 Å². The molecule has 11 heavy (non-hydrogen) atoms. The summed E-state index contributed by atoms with van der Waals surface area (Å²) in [4.78, 5) is 3.77. The van der Waals surface area contributed by atoms with E-state index in [1.165, 1.54) is 0 Å². The molecule has 0 atom stereocenters. The molecule has 0 aromatic heterocycles. The zero-order valence-corrected chi connectivity index (χ0v) is 6.58. The van der Waals surface area contributed by atoms with Crippen LogP contribution in [0.25, 0.3) is 0 Å². The third-order valence-corrected chi connectivity index (χ3v) is 1.09. The van der Waals surface area contributed by atoms with Gasteiger partial charge in [-0.1, -0.05) is 0 Å². The van der Waals surface area contributed by atoms with Crippen molar-refractivity contribution in [3.8, 4) is 0 Å². The van der Waals surface area contributed by atoms with E-state index in [0.29, 0.717) is 6.54 Å². The Labute approximate surface area is 66.5 Å². The molecule has 0 amide bonds. The van der Waals surface area contributed by atoms with E-state index in [-0.39, 0.29) is 12.6 Å². The molecular weight excluding hydrogens is 144 g/mol. The molecule has 0 heterocycles. The molecule has 0 aliphatic heterocycles. The lowest BCUT2D eigenvalue weighted by molar-refractivity contribution is 0.286. The highest BCUT2D eigenvalue weighted by atomic mass is 16.3. The summed E-state index contributed by atoms with van der Waals surface area (Å²) in [5, 5.41) is 11.5. The second-order valence-corrected chi connectivity index (χ2v) is 2.13. The number of aliphatic hydroxyl groups is 1. The number of nitrogens with one attached hydrogen (secondary N) is 1. The van der Waals surface area contributed by atoms with Crippen LogP contribution >= 0.6 is 0 Å². The Kier molecular flexibility index (Phi) is 6.76. The molecule has 0 saturated heterocycles. The summed E-state index contributed by atoms with van der Waals surface area (Å²) in [7, 11) is 0. The molecule has 0 bridgehead atoms. The lowest BCUT2D eigenvalue weighted by Gasteiger charge is -1.99. The molecule has 5 heteroatoms. The zero-order valence-electron chi connectivity index (χ0n) is 6.58. The number of hydrogen-bond acceptors (Lipinski definition) is 3. The number of guanidine groups is 1. The van der Waals surface area contributed by atoms with E-state index in [4.69, 9.17) is 16.6 Å². The second kappa shape index (κ2) is 7.30. The highest BCUT2D eigenvalue weighted by molar-refractivity contribution is 5.75. The maximum absolute atomic E-state index is 8.40. The highest BCUT2D eigenvalue weighted by Crippen LogP contribution is 1.71. The third kappa shape index (κ3) is 9.19. The van der Waals surface area contributed by atoms with Crippen molar-refractivity contribution < 1.29 is 5.11 Å². The molecule has 0 rings (SSSR count). The van der Waals surface area contributed by atoms with Crippen LogP contribution in [0, 0.1) is 0 Å². The topological polar surface area (TPSA) is 96.7 Å². The number of nitrogens with two attached hydrogens (primary N) is 2. The van der Waals surface area contributed by atoms with Gasteiger partial charge < -0.3 is 21.9 Å². The van der Waals surface area contributed by atoms with Crippen LogP contribution in [0.15, 0.2) is 4.99 Å². The van der Waals surface area contributed by atoms with Gasteiger partial charge >= 0.3 is 0 Å². The van der Waals surface area contributed by atoms with E-state index >= 15 is 0 Å². The predicted octanol–water partition coefficient (Wildman–Crippen LogP) is -1.77. The normalized spacial score (nSPS) is 9.55. The molecule has 5 nitrogen and oxygen atoms in total. The van der Waals surface area contributed by atoms with Crippen LogP contribution < -0.4 is 16.8 Å². The lowest BCUT2D eigenvalue weighted by Crippen LogP contribution is -2.26. The zero-order chi connectivity index (χ0) is 8.53. The fourth-order valence-electron chi connectivity index (χ4n) is 0.593. The highest BCUT2D eigenvalue weighted by Gasteiger charge is 1.85. The van der Waals surface area contributed by atoms with Crippen molar-refractivity contribution in [2.24, 2.45) is 16.5 Å². The molecule has 6 N–H and O–H groups in total. The third-order valence-electron chi connectivity index (χ3n) is 1.09. The van der Waals surface area contributed by atoms with Crippen molar-refractivity contribution in [2.75, 3.05) is 26.2 Å². The van der Waals surface area contributed by atoms with Crippen LogP contribution in [0.2, 0.25) is 0 Å². The Hall–Kier alpha value is -0.810. The molecule has 0 aromatic rings. The van der Waals surface area contributed by atoms with Gasteiger partial charge in [-0.15, -0.1) is 0 Å². The van der Waals surface area contributed by atoms with Crippen molar-refractivity contribution in [1.29, 1.82) is 0 Å². The Morgan fingerprint density at radius 1 is 1.36 bits per heavy atom. The number of aliphatic imine (C=N–C) groups is 1. The second-order valence-electron chi connectivity index (χ2n) is 2.13. The monoisotopic (exact) mass is 160 g/mol. The van der Waals surface area contributed by atoms with Crippen LogP contribution in [0.4, 0.5) is 0 Å². The van der Waals surface area contributed by atoms with Crippen molar-refractivity contribution in [2.45, 2.75) is 6.42 Å². The average Bonchev–Trinajstić information content (AvgIpc) is 1.96. The van der Waals surface area contributed by atoms with Gasteiger partial charge in [0, 0.05) is 13.2 Å². The van der Waals surface area contributed by atoms with E-state index in [0.717, 1.165) is 19.5 Å². The minimum Gasteiger partial charge on any atom is -0.396 e. The smallest absolute Gasteiger partial charge is 0.185 e. The summed E-state index contributed by atoms with van der Waals surface area (Å²) in [6, 6.07) is 0. The first-order chi connectivity index (χ1) is 5.27. The van der Waals surface area contributed by atoms with E-state index in [1.54, 1.807) is 0 Å². The number of aliphatic hydroxyl groups excluding tert-OH is 1. The molecule has 0 unspecified atom stereocenters. The first-order valence-corrected chi connectivity index (χ1v) is 3.64. The van der Waals surface area contributed by atoms with Crippen LogP contribution in [0.5, 0.6) is 0 Å². The molecular formula is C6H16N4O. The van der Waals surface area contributed by atoms with Gasteiger partial charge in [0.25, 0.3) is 0 Å². The van der Waals surface area contributed by atoms with Crippen molar-refractivity contribution in [1.82, 2.24) is 5.32 Å². The van der Waals surface area contributed by atoms with Gasteiger partial charge in [0.1, 0.15) is 0 Å². The molecule has 0 aromatic carbocycles. The Bertz CT molecular complexity index is 111. The molecule has 0 spiro atoms. The Balaban J connectivity index is 2.97. The Morgan fingerprint density at radius 2 is 2.09 bits per heavy atom. The summed E-state index contributed by atoms with van der Waals surface area (Å²) in [5.41, 5.74) is 10.2. The number of rotatable bonds is 6. The quantitative estimate of drug-likeness (QED) is 0.210. The van der Waals surface area contributed by atoms with Crippen LogP contribution in [-0.2, 0) is 0 Å². The summed E-state index contributed by atoms with van der Waals surface area (Å²) in [5.74, 6) is 0.119. The van der Waals surface area contributed by atoms with Gasteiger partial charge in [-0.2, -0.15) is 0 Å². The maximum Gasteiger partial charge on any atom is 0.185 e. The van der Waals surface area contributed by atoms with E-state index in [2.05, 4.69) is 10.3 Å². The number of hydrogen-bond donors (Lipinski definition) is 4. The van der Waals surface area contributed by atoms with Gasteiger partial charge in [-0.25, -0.2) is 0 Å². The maximum atomic E-state index is 8.40.